The van der Waals surface area contributed by atoms with Crippen molar-refractivity contribution in [2.45, 2.75) is 13.0 Å². The third kappa shape index (κ3) is 2.87. The van der Waals surface area contributed by atoms with E-state index in [9.17, 15) is 4.21 Å². The van der Waals surface area contributed by atoms with Gasteiger partial charge in [-0.1, -0.05) is 22.0 Å². The van der Waals surface area contributed by atoms with E-state index in [-0.39, 0.29) is 5.88 Å². The summed E-state index contributed by atoms with van der Waals surface area (Å²) in [5, 5.41) is 0. The van der Waals surface area contributed by atoms with Crippen LogP contribution in [-0.2, 0) is 24.0 Å². The maximum Gasteiger partial charge on any atom is 0.167 e. The van der Waals surface area contributed by atoms with Crippen LogP contribution < -0.4 is 0 Å². The Labute approximate surface area is 99.9 Å². The van der Waals surface area contributed by atoms with Crippen molar-refractivity contribution < 1.29 is 8.76 Å². The first kappa shape index (κ1) is 11.3. The van der Waals surface area contributed by atoms with E-state index in [0.717, 1.165) is 24.0 Å². The monoisotopic (exact) mass is 289 g/mol. The molecule has 0 bridgehead atoms. The summed E-state index contributed by atoms with van der Waals surface area (Å²) in [5.74, 6) is 0.242. The first-order valence-electron chi connectivity index (χ1n) is 4.72. The van der Waals surface area contributed by atoms with E-state index in [1.54, 1.807) is 0 Å². The molecule has 82 valence electrons. The highest BCUT2D eigenvalue weighted by molar-refractivity contribution is 9.10. The molecule has 1 aromatic rings. The molecule has 0 saturated heterocycles. The van der Waals surface area contributed by atoms with Crippen molar-refractivity contribution >= 4 is 27.0 Å². The van der Waals surface area contributed by atoms with Crippen LogP contribution in [0.25, 0.3) is 0 Å². The summed E-state index contributed by atoms with van der Waals surface area (Å²) in [4.78, 5) is 2.00. The van der Waals surface area contributed by atoms with Gasteiger partial charge in [-0.3, -0.25) is 4.90 Å². The Hall–Kier alpha value is -0.230. The first-order chi connectivity index (χ1) is 7.15. The molecule has 1 N–H and O–H groups in total. The summed E-state index contributed by atoms with van der Waals surface area (Å²) in [6.45, 7) is 1.63. The second kappa shape index (κ2) is 4.74. The molecule has 0 saturated carbocycles. The highest BCUT2D eigenvalue weighted by Gasteiger charge is 2.17. The van der Waals surface area contributed by atoms with Crippen LogP contribution in [0, 0.1) is 0 Å². The molecule has 1 aliphatic heterocycles. The minimum absolute atomic E-state index is 0.242. The fraction of sp³-hybridized carbons (Fsp3) is 0.400. The second-order valence-corrected chi connectivity index (χ2v) is 5.48. The number of fused-ring (bicyclic) bond motifs is 1. The molecule has 0 radical (unpaired) electrons. The largest absolute Gasteiger partial charge is 0.305 e. The molecule has 0 spiro atoms. The lowest BCUT2D eigenvalue weighted by Crippen LogP contribution is -2.32. The number of nitrogens with zero attached hydrogens (tertiary/aromatic N) is 1. The maximum absolute atomic E-state index is 10.7. The summed E-state index contributed by atoms with van der Waals surface area (Å²) in [5.41, 5.74) is 2.60. The molecule has 2 rings (SSSR count). The van der Waals surface area contributed by atoms with Gasteiger partial charge in [0.15, 0.2) is 11.1 Å². The Morgan fingerprint density at radius 2 is 2.27 bits per heavy atom. The van der Waals surface area contributed by atoms with Gasteiger partial charge in [-0.05, 0) is 29.7 Å². The normalized spacial score (nSPS) is 18.5. The van der Waals surface area contributed by atoms with E-state index in [0.29, 0.717) is 0 Å². The topological polar surface area (TPSA) is 40.5 Å². The number of benzene rings is 1. The number of rotatable bonds is 2. The predicted octanol–water partition coefficient (Wildman–Crippen LogP) is 1.99. The minimum atomic E-state index is -1.73. The maximum atomic E-state index is 10.7. The molecule has 1 atom stereocenters. The number of hydrogen-bond donors (Lipinski definition) is 1. The Morgan fingerprint density at radius 1 is 1.47 bits per heavy atom. The van der Waals surface area contributed by atoms with Crippen molar-refractivity contribution in [1.82, 2.24) is 4.90 Å². The summed E-state index contributed by atoms with van der Waals surface area (Å²) < 4.78 is 20.6. The lowest BCUT2D eigenvalue weighted by molar-refractivity contribution is 0.291. The molecule has 1 aromatic carbocycles. The highest BCUT2D eigenvalue weighted by Crippen LogP contribution is 2.22. The molecule has 0 amide bonds. The van der Waals surface area contributed by atoms with Crippen LogP contribution in [0.15, 0.2) is 22.7 Å². The zero-order valence-corrected chi connectivity index (χ0v) is 10.6. The molecule has 3 nitrogen and oxygen atoms in total. The molecule has 5 heteroatoms. The highest BCUT2D eigenvalue weighted by atomic mass is 79.9. The van der Waals surface area contributed by atoms with Gasteiger partial charge >= 0.3 is 0 Å². The third-order valence-corrected chi connectivity index (χ3v) is 3.63. The zero-order valence-electron chi connectivity index (χ0n) is 8.15. The van der Waals surface area contributed by atoms with Crippen molar-refractivity contribution in [2.75, 3.05) is 12.4 Å². The van der Waals surface area contributed by atoms with E-state index in [4.69, 9.17) is 4.55 Å². The van der Waals surface area contributed by atoms with Gasteiger partial charge in [-0.25, -0.2) is 4.21 Å². The minimum Gasteiger partial charge on any atom is -0.305 e. The summed E-state index contributed by atoms with van der Waals surface area (Å²) in [6.07, 6.45) is 0.958. The lowest BCUT2D eigenvalue weighted by Gasteiger charge is -2.27. The molecule has 0 aromatic heterocycles. The molecular formula is C10H12BrNO2S. The quantitative estimate of drug-likeness (QED) is 0.847. The van der Waals surface area contributed by atoms with Crippen molar-refractivity contribution in [1.29, 1.82) is 0 Å². The van der Waals surface area contributed by atoms with Gasteiger partial charge in [0.2, 0.25) is 0 Å². The van der Waals surface area contributed by atoms with Crippen molar-refractivity contribution in [3.05, 3.63) is 33.8 Å². The van der Waals surface area contributed by atoms with Crippen LogP contribution in [0.2, 0.25) is 0 Å². The Balaban J connectivity index is 2.14. The van der Waals surface area contributed by atoms with Gasteiger partial charge in [0.25, 0.3) is 0 Å². The molecule has 1 aliphatic rings. The van der Waals surface area contributed by atoms with Crippen LogP contribution in [0.3, 0.4) is 0 Å². The standard InChI is InChI=1S/C10H12BrNO2S/c11-10-2-1-8-3-4-12(7-15(13)14)6-9(8)5-10/h1-2,5H,3-4,6-7H2,(H,13,14). The van der Waals surface area contributed by atoms with Gasteiger partial charge in [0.05, 0.1) is 0 Å². The molecule has 1 unspecified atom stereocenters. The van der Waals surface area contributed by atoms with Gasteiger partial charge in [0.1, 0.15) is 5.88 Å². The van der Waals surface area contributed by atoms with E-state index in [1.165, 1.54) is 11.1 Å². The van der Waals surface area contributed by atoms with E-state index in [2.05, 4.69) is 28.1 Å². The van der Waals surface area contributed by atoms with Crippen LogP contribution >= 0.6 is 15.9 Å². The Bertz CT molecular complexity index is 397. The lowest BCUT2D eigenvalue weighted by atomic mass is 10.0. The van der Waals surface area contributed by atoms with Gasteiger partial charge in [-0.2, -0.15) is 0 Å². The fourth-order valence-electron chi connectivity index (χ4n) is 1.85. The summed E-state index contributed by atoms with van der Waals surface area (Å²) in [6, 6.07) is 6.24. The predicted molar refractivity (Wildman–Crippen MR) is 63.9 cm³/mol. The Kier molecular flexibility index (Phi) is 3.56. The summed E-state index contributed by atoms with van der Waals surface area (Å²) >= 11 is 1.70. The van der Waals surface area contributed by atoms with E-state index in [1.807, 2.05) is 11.0 Å². The zero-order chi connectivity index (χ0) is 10.8. The first-order valence-corrected chi connectivity index (χ1v) is 6.79. The van der Waals surface area contributed by atoms with Crippen molar-refractivity contribution in [3.63, 3.8) is 0 Å². The fourth-order valence-corrected chi connectivity index (χ4v) is 2.79. The van der Waals surface area contributed by atoms with E-state index >= 15 is 0 Å². The molecule has 15 heavy (non-hydrogen) atoms. The van der Waals surface area contributed by atoms with Gasteiger partial charge in [0, 0.05) is 17.6 Å². The van der Waals surface area contributed by atoms with Gasteiger partial charge in [-0.15, -0.1) is 0 Å². The summed E-state index contributed by atoms with van der Waals surface area (Å²) in [7, 11) is 0. The van der Waals surface area contributed by atoms with Crippen LogP contribution in [0.4, 0.5) is 0 Å². The van der Waals surface area contributed by atoms with Crippen LogP contribution in [-0.4, -0.2) is 26.1 Å². The molecule has 1 heterocycles. The Morgan fingerprint density at radius 3 is 3.00 bits per heavy atom. The van der Waals surface area contributed by atoms with Crippen LogP contribution in [0.1, 0.15) is 11.1 Å². The van der Waals surface area contributed by atoms with Crippen molar-refractivity contribution in [3.8, 4) is 0 Å². The average molecular weight is 290 g/mol. The molecular weight excluding hydrogens is 278 g/mol. The molecule has 0 fully saturated rings. The average Bonchev–Trinajstić information content (AvgIpc) is 2.16. The van der Waals surface area contributed by atoms with E-state index < -0.39 is 11.1 Å². The third-order valence-electron chi connectivity index (χ3n) is 2.55. The second-order valence-electron chi connectivity index (χ2n) is 3.67. The number of hydrogen-bond acceptors (Lipinski definition) is 2. The molecule has 0 aliphatic carbocycles. The van der Waals surface area contributed by atoms with Crippen molar-refractivity contribution in [2.24, 2.45) is 0 Å². The van der Waals surface area contributed by atoms with Crippen LogP contribution in [0.5, 0.6) is 0 Å². The SMILES string of the molecule is O=S(O)CN1CCc2ccc(Br)cc2C1. The number of halogens is 1. The smallest absolute Gasteiger partial charge is 0.167 e. The van der Waals surface area contributed by atoms with Gasteiger partial charge < -0.3 is 4.55 Å².